The van der Waals surface area contributed by atoms with E-state index in [0.29, 0.717) is 0 Å². The highest BCUT2D eigenvalue weighted by Crippen LogP contribution is 1.74. The molecule has 7 heteroatoms. The van der Waals surface area contributed by atoms with E-state index in [0.717, 1.165) is 0 Å². The highest BCUT2D eigenvalue weighted by atomic mass is 16.4. The number of carboxylic acids is 2. The molecule has 0 atom stereocenters. The van der Waals surface area contributed by atoms with Crippen LogP contribution in [0.4, 0.5) is 0 Å². The Morgan fingerprint density at radius 3 is 2.00 bits per heavy atom. The van der Waals surface area contributed by atoms with Crippen molar-refractivity contribution in [3.05, 3.63) is 12.7 Å². The second-order valence-corrected chi connectivity index (χ2v) is 1.62. The van der Waals surface area contributed by atoms with Crippen molar-refractivity contribution in [3.63, 3.8) is 0 Å². The fourth-order valence-electron chi connectivity index (χ4n) is 0.296. The minimum absolute atomic E-state index is 0.806. The van der Waals surface area contributed by atoms with Crippen LogP contribution in [0.25, 0.3) is 0 Å². The molecule has 0 bridgehead atoms. The monoisotopic (exact) mass is 173 g/mol. The van der Waals surface area contributed by atoms with Crippen LogP contribution in [-0.2, 0) is 9.59 Å². The summed E-state index contributed by atoms with van der Waals surface area (Å²) in [4.78, 5) is 22.4. The molecule has 7 nitrogen and oxygen atoms in total. The second kappa shape index (κ2) is 5.83. The zero-order valence-electron chi connectivity index (χ0n) is 5.97. The number of nitrogens with one attached hydrogen (secondary N) is 1. The summed E-state index contributed by atoms with van der Waals surface area (Å²) in [6, 6.07) is 0. The van der Waals surface area contributed by atoms with Gasteiger partial charge in [-0.05, 0) is 0 Å². The Bertz CT molecular complexity index is 204. The molecule has 0 unspecified atom stereocenters. The van der Waals surface area contributed by atoms with Gasteiger partial charge in [0.05, 0.1) is 0 Å². The van der Waals surface area contributed by atoms with Crippen molar-refractivity contribution in [2.45, 2.75) is 6.42 Å². The molecule has 1 rings (SSSR count). The molecule has 0 spiro atoms. The van der Waals surface area contributed by atoms with Crippen LogP contribution in [0.3, 0.4) is 0 Å². The van der Waals surface area contributed by atoms with Crippen LogP contribution in [0.15, 0.2) is 12.7 Å². The van der Waals surface area contributed by atoms with E-state index in [-0.39, 0.29) is 0 Å². The summed E-state index contributed by atoms with van der Waals surface area (Å²) in [7, 11) is 0. The third-order valence-electron chi connectivity index (χ3n) is 0.634. The maximum Gasteiger partial charge on any atom is 0.314 e. The normalized spacial score (nSPS) is 8.00. The van der Waals surface area contributed by atoms with Gasteiger partial charge in [-0.25, -0.2) is 4.98 Å². The summed E-state index contributed by atoms with van der Waals surface area (Å²) < 4.78 is 0. The molecule has 0 saturated heterocycles. The van der Waals surface area contributed by atoms with E-state index in [1.807, 2.05) is 0 Å². The average molecular weight is 173 g/mol. The fraction of sp³-hybridized carbons (Fsp3) is 0.200. The van der Waals surface area contributed by atoms with Crippen LogP contribution in [0.1, 0.15) is 6.42 Å². The molecule has 0 fully saturated rings. The van der Waals surface area contributed by atoms with E-state index in [9.17, 15) is 9.59 Å². The fourth-order valence-corrected chi connectivity index (χ4v) is 0.296. The van der Waals surface area contributed by atoms with E-state index in [2.05, 4.69) is 15.2 Å². The molecule has 0 aliphatic carbocycles. The number of hydrogen-bond donors (Lipinski definition) is 3. The Balaban J connectivity index is 0.000000211. The second-order valence-electron chi connectivity index (χ2n) is 1.62. The predicted molar refractivity (Wildman–Crippen MR) is 36.3 cm³/mol. The summed E-state index contributed by atoms with van der Waals surface area (Å²) in [6.45, 7) is 0. The summed E-state index contributed by atoms with van der Waals surface area (Å²) in [5.74, 6) is -2.62. The molecule has 0 saturated carbocycles. The first-order valence-corrected chi connectivity index (χ1v) is 2.85. The maximum absolute atomic E-state index is 9.43. The van der Waals surface area contributed by atoms with Crippen molar-refractivity contribution in [2.75, 3.05) is 0 Å². The first kappa shape index (κ1) is 10.1. The Hall–Kier alpha value is -1.92. The predicted octanol–water partition coefficient (Wildman–Crippen LogP) is -0.650. The van der Waals surface area contributed by atoms with Crippen LogP contribution in [0.5, 0.6) is 0 Å². The number of carboxylic acid groups (broad SMARTS) is 2. The van der Waals surface area contributed by atoms with E-state index in [1.54, 1.807) is 0 Å². The third kappa shape index (κ3) is 8.08. The van der Waals surface area contributed by atoms with Crippen LogP contribution in [0, 0.1) is 0 Å². The summed E-state index contributed by atoms with van der Waals surface area (Å²) >= 11 is 0. The largest absolute Gasteiger partial charge is 0.481 e. The molecule has 0 aliphatic rings. The molecule has 0 radical (unpaired) electrons. The molecule has 3 N–H and O–H groups in total. The molecule has 66 valence electrons. The first-order valence-electron chi connectivity index (χ1n) is 2.85. The molecule has 0 amide bonds. The zero-order chi connectivity index (χ0) is 9.40. The highest BCUT2D eigenvalue weighted by molar-refractivity contribution is 5.88. The van der Waals surface area contributed by atoms with Crippen LogP contribution < -0.4 is 0 Å². The molecular weight excluding hydrogens is 166 g/mol. The SMILES string of the molecule is O=C(O)CC(=O)O.c1nc[nH]n1. The number of carbonyl (C=O) groups is 2. The van der Waals surface area contributed by atoms with Crippen molar-refractivity contribution >= 4 is 11.9 Å². The molecule has 0 aliphatic heterocycles. The van der Waals surface area contributed by atoms with Crippen LogP contribution in [-0.4, -0.2) is 37.3 Å². The van der Waals surface area contributed by atoms with Gasteiger partial charge < -0.3 is 10.2 Å². The standard InChI is InChI=1S/C3H4O4.C2H3N3/c4-2(5)1-3(6)7;1-3-2-5-4-1/h1H2,(H,4,5)(H,6,7);1-2H,(H,3,4,5). The van der Waals surface area contributed by atoms with Gasteiger partial charge in [0, 0.05) is 0 Å². The molecular formula is C5H7N3O4. The minimum atomic E-state index is -1.31. The lowest BCUT2D eigenvalue weighted by Gasteiger charge is -1.80. The van der Waals surface area contributed by atoms with E-state index < -0.39 is 18.4 Å². The van der Waals surface area contributed by atoms with Gasteiger partial charge in [0.1, 0.15) is 19.1 Å². The summed E-state index contributed by atoms with van der Waals surface area (Å²) in [5.41, 5.74) is 0. The van der Waals surface area contributed by atoms with Crippen molar-refractivity contribution in [2.24, 2.45) is 0 Å². The van der Waals surface area contributed by atoms with Gasteiger partial charge in [-0.15, -0.1) is 0 Å². The summed E-state index contributed by atoms with van der Waals surface area (Å²) in [6.07, 6.45) is 2.15. The average Bonchev–Trinajstić information content (AvgIpc) is 2.36. The number of rotatable bonds is 2. The number of nitrogens with zero attached hydrogens (tertiary/aromatic N) is 2. The minimum Gasteiger partial charge on any atom is -0.481 e. The Morgan fingerprint density at radius 1 is 1.33 bits per heavy atom. The van der Waals surface area contributed by atoms with Crippen molar-refractivity contribution in [1.82, 2.24) is 15.2 Å². The van der Waals surface area contributed by atoms with E-state index >= 15 is 0 Å². The molecule has 12 heavy (non-hydrogen) atoms. The number of aromatic nitrogens is 3. The maximum atomic E-state index is 9.43. The number of aliphatic carboxylic acids is 2. The molecule has 1 heterocycles. The van der Waals surface area contributed by atoms with Gasteiger partial charge in [0.25, 0.3) is 0 Å². The Kier molecular flexibility index (Phi) is 4.90. The Morgan fingerprint density at radius 2 is 1.92 bits per heavy atom. The lowest BCUT2D eigenvalue weighted by Crippen LogP contribution is -2.03. The zero-order valence-corrected chi connectivity index (χ0v) is 5.97. The van der Waals surface area contributed by atoms with Gasteiger partial charge in [-0.3, -0.25) is 14.7 Å². The van der Waals surface area contributed by atoms with Gasteiger partial charge in [0.15, 0.2) is 0 Å². The summed E-state index contributed by atoms with van der Waals surface area (Å²) in [5, 5.41) is 21.4. The van der Waals surface area contributed by atoms with Gasteiger partial charge in [-0.2, -0.15) is 5.10 Å². The number of H-pyrrole nitrogens is 1. The van der Waals surface area contributed by atoms with Gasteiger partial charge in [0.2, 0.25) is 0 Å². The van der Waals surface area contributed by atoms with Crippen molar-refractivity contribution < 1.29 is 19.8 Å². The highest BCUT2D eigenvalue weighted by Gasteiger charge is 2.01. The topological polar surface area (TPSA) is 116 Å². The molecule has 0 aromatic carbocycles. The van der Waals surface area contributed by atoms with Crippen molar-refractivity contribution in [1.29, 1.82) is 0 Å². The van der Waals surface area contributed by atoms with Crippen molar-refractivity contribution in [3.8, 4) is 0 Å². The number of aromatic amines is 1. The lowest BCUT2D eigenvalue weighted by molar-refractivity contribution is -0.147. The van der Waals surface area contributed by atoms with Gasteiger partial charge >= 0.3 is 11.9 Å². The van der Waals surface area contributed by atoms with E-state index in [4.69, 9.17) is 10.2 Å². The first-order chi connectivity index (χ1) is 5.63. The smallest absolute Gasteiger partial charge is 0.314 e. The molecule has 1 aromatic rings. The van der Waals surface area contributed by atoms with Crippen LogP contribution in [0.2, 0.25) is 0 Å². The van der Waals surface area contributed by atoms with Crippen LogP contribution >= 0.6 is 0 Å². The Labute approximate surface area is 67.1 Å². The van der Waals surface area contributed by atoms with Gasteiger partial charge in [-0.1, -0.05) is 0 Å². The number of hydrogen-bond acceptors (Lipinski definition) is 4. The molecule has 1 aromatic heterocycles. The third-order valence-corrected chi connectivity index (χ3v) is 0.634. The quantitative estimate of drug-likeness (QED) is 0.511. The lowest BCUT2D eigenvalue weighted by atomic mass is 10.5. The van der Waals surface area contributed by atoms with E-state index in [1.165, 1.54) is 12.7 Å².